The maximum absolute atomic E-state index is 11.1. The Kier molecular flexibility index (Phi) is 4.14. The first kappa shape index (κ1) is 14.9. The van der Waals surface area contributed by atoms with Gasteiger partial charge in [0.05, 0.1) is 16.3 Å². The molecule has 0 saturated heterocycles. The number of aromatic carboxylic acids is 1. The monoisotopic (exact) mass is 304 g/mol. The Labute approximate surface area is 126 Å². The van der Waals surface area contributed by atoms with Gasteiger partial charge < -0.3 is 15.7 Å². The first-order valence-corrected chi connectivity index (χ1v) is 6.44. The first-order chi connectivity index (χ1) is 9.90. The lowest BCUT2D eigenvalue weighted by Crippen LogP contribution is -2.13. The molecule has 0 fully saturated rings. The summed E-state index contributed by atoms with van der Waals surface area (Å²) in [6, 6.07) is 11.2. The van der Waals surface area contributed by atoms with Crippen molar-refractivity contribution in [3.05, 3.63) is 58.6 Å². The maximum Gasteiger partial charge on any atom is 0.335 e. The molecule has 0 atom stereocenters. The molecule has 0 spiro atoms. The van der Waals surface area contributed by atoms with Crippen LogP contribution in [0.5, 0.6) is 0 Å². The predicted octanol–water partition coefficient (Wildman–Crippen LogP) is 2.91. The summed E-state index contributed by atoms with van der Waals surface area (Å²) in [5, 5.41) is 9.26. The van der Waals surface area contributed by atoms with Crippen LogP contribution in [0.2, 0.25) is 5.02 Å². The molecule has 0 unspecified atom stereocenters. The van der Waals surface area contributed by atoms with Crippen molar-refractivity contribution in [3.63, 3.8) is 0 Å². The van der Waals surface area contributed by atoms with Gasteiger partial charge in [-0.15, -0.1) is 0 Å². The van der Waals surface area contributed by atoms with Crippen LogP contribution in [0.1, 0.15) is 20.7 Å². The molecule has 2 aromatic carbocycles. The maximum atomic E-state index is 11.1. The molecule has 0 aromatic heterocycles. The summed E-state index contributed by atoms with van der Waals surface area (Å²) in [6.45, 7) is 0. The third kappa shape index (κ3) is 3.14. The van der Waals surface area contributed by atoms with E-state index in [4.69, 9.17) is 22.4 Å². The number of carboxylic acid groups (broad SMARTS) is 1. The van der Waals surface area contributed by atoms with Crippen LogP contribution < -0.4 is 10.6 Å². The molecule has 6 heteroatoms. The number of nitrogens with two attached hydrogens (primary N) is 1. The van der Waals surface area contributed by atoms with Crippen molar-refractivity contribution in [1.29, 1.82) is 0 Å². The molecule has 0 saturated carbocycles. The van der Waals surface area contributed by atoms with Crippen LogP contribution >= 0.6 is 11.6 Å². The highest BCUT2D eigenvalue weighted by molar-refractivity contribution is 6.33. The number of rotatable bonds is 4. The summed E-state index contributed by atoms with van der Waals surface area (Å²) in [6.07, 6.45) is 0. The molecule has 2 aromatic rings. The van der Waals surface area contributed by atoms with Crippen LogP contribution in [0.4, 0.5) is 11.4 Å². The molecule has 3 N–H and O–H groups in total. The predicted molar refractivity (Wildman–Crippen MR) is 81.4 cm³/mol. The van der Waals surface area contributed by atoms with Gasteiger partial charge in [0, 0.05) is 18.3 Å². The van der Waals surface area contributed by atoms with Gasteiger partial charge in [0.25, 0.3) is 0 Å². The average Bonchev–Trinajstić information content (AvgIpc) is 2.46. The number of halogens is 1. The topological polar surface area (TPSA) is 83.6 Å². The van der Waals surface area contributed by atoms with E-state index < -0.39 is 11.9 Å². The van der Waals surface area contributed by atoms with E-state index in [1.54, 1.807) is 36.2 Å². The van der Waals surface area contributed by atoms with Gasteiger partial charge in [-0.2, -0.15) is 0 Å². The molecule has 0 aliphatic carbocycles. The van der Waals surface area contributed by atoms with E-state index in [-0.39, 0.29) is 5.56 Å². The van der Waals surface area contributed by atoms with Crippen LogP contribution in [0.15, 0.2) is 42.5 Å². The highest BCUT2D eigenvalue weighted by atomic mass is 35.5. The number of nitrogens with zero attached hydrogens (tertiary/aromatic N) is 1. The number of benzene rings is 2. The summed E-state index contributed by atoms with van der Waals surface area (Å²) < 4.78 is 0. The highest BCUT2D eigenvalue weighted by Gasteiger charge is 2.11. The van der Waals surface area contributed by atoms with E-state index in [1.165, 1.54) is 18.2 Å². The number of hydrogen-bond acceptors (Lipinski definition) is 3. The van der Waals surface area contributed by atoms with Crippen LogP contribution in [0, 0.1) is 0 Å². The molecule has 0 bridgehead atoms. The fourth-order valence-electron chi connectivity index (χ4n) is 1.90. The summed E-state index contributed by atoms with van der Waals surface area (Å²) in [4.78, 5) is 23.7. The fourth-order valence-corrected chi connectivity index (χ4v) is 2.21. The molecule has 0 aliphatic rings. The quantitative estimate of drug-likeness (QED) is 0.909. The van der Waals surface area contributed by atoms with E-state index in [2.05, 4.69) is 0 Å². The molecular weight excluding hydrogens is 292 g/mol. The van der Waals surface area contributed by atoms with Gasteiger partial charge in [0.1, 0.15) is 0 Å². The Morgan fingerprint density at radius 1 is 1.10 bits per heavy atom. The summed E-state index contributed by atoms with van der Waals surface area (Å²) >= 11 is 6.16. The van der Waals surface area contributed by atoms with Gasteiger partial charge >= 0.3 is 5.97 Å². The van der Waals surface area contributed by atoms with Crippen LogP contribution in [-0.2, 0) is 0 Å². The third-order valence-corrected chi connectivity index (χ3v) is 3.40. The van der Waals surface area contributed by atoms with Crippen molar-refractivity contribution in [1.82, 2.24) is 0 Å². The number of amides is 1. The van der Waals surface area contributed by atoms with Crippen molar-refractivity contribution in [2.45, 2.75) is 0 Å². The number of carboxylic acids is 1. The number of carbonyl (C=O) groups is 2. The van der Waals surface area contributed by atoms with Gasteiger partial charge in [-0.25, -0.2) is 4.79 Å². The van der Waals surface area contributed by atoms with E-state index in [9.17, 15) is 9.59 Å². The lowest BCUT2D eigenvalue weighted by atomic mass is 10.1. The molecule has 0 radical (unpaired) electrons. The van der Waals surface area contributed by atoms with Crippen LogP contribution in [0.25, 0.3) is 0 Å². The second-order valence-electron chi connectivity index (χ2n) is 4.44. The SMILES string of the molecule is CN(c1ccc(C(=O)O)cc1)c1ccc(C(N)=O)cc1Cl. The van der Waals surface area contributed by atoms with Gasteiger partial charge in [-0.1, -0.05) is 11.6 Å². The average molecular weight is 305 g/mol. The van der Waals surface area contributed by atoms with E-state index in [1.807, 2.05) is 0 Å². The molecular formula is C15H13ClN2O3. The Morgan fingerprint density at radius 3 is 2.14 bits per heavy atom. The molecule has 0 aliphatic heterocycles. The number of hydrogen-bond donors (Lipinski definition) is 2. The van der Waals surface area contributed by atoms with Crippen LogP contribution in [0.3, 0.4) is 0 Å². The Bertz CT molecular complexity index is 699. The van der Waals surface area contributed by atoms with Crippen molar-refractivity contribution in [2.24, 2.45) is 5.73 Å². The molecule has 108 valence electrons. The summed E-state index contributed by atoms with van der Waals surface area (Å²) in [5.41, 5.74) is 7.20. The Morgan fingerprint density at radius 2 is 1.67 bits per heavy atom. The van der Waals surface area contributed by atoms with Gasteiger partial charge in [-0.05, 0) is 42.5 Å². The lowest BCUT2D eigenvalue weighted by Gasteiger charge is -2.21. The van der Waals surface area contributed by atoms with Crippen LogP contribution in [-0.4, -0.2) is 24.0 Å². The zero-order valence-electron chi connectivity index (χ0n) is 11.2. The second-order valence-corrected chi connectivity index (χ2v) is 4.85. The molecule has 2 rings (SSSR count). The standard InChI is InChI=1S/C15H13ClN2O3/c1-18(11-5-2-9(3-6-11)15(20)21)13-7-4-10(14(17)19)8-12(13)16/h2-8H,1H3,(H2,17,19)(H,20,21). The molecule has 21 heavy (non-hydrogen) atoms. The van der Waals surface area contributed by atoms with E-state index in [0.29, 0.717) is 16.3 Å². The zero-order valence-corrected chi connectivity index (χ0v) is 12.0. The molecule has 0 heterocycles. The first-order valence-electron chi connectivity index (χ1n) is 6.06. The molecule has 1 amide bonds. The third-order valence-electron chi connectivity index (χ3n) is 3.10. The van der Waals surface area contributed by atoms with Crippen molar-refractivity contribution >= 4 is 34.9 Å². The second kappa shape index (κ2) is 5.85. The highest BCUT2D eigenvalue weighted by Crippen LogP contribution is 2.31. The van der Waals surface area contributed by atoms with E-state index >= 15 is 0 Å². The Balaban J connectivity index is 2.33. The Hall–Kier alpha value is -2.53. The van der Waals surface area contributed by atoms with Crippen molar-refractivity contribution in [3.8, 4) is 0 Å². The zero-order chi connectivity index (χ0) is 15.6. The minimum Gasteiger partial charge on any atom is -0.478 e. The van der Waals surface area contributed by atoms with Crippen molar-refractivity contribution < 1.29 is 14.7 Å². The normalized spacial score (nSPS) is 10.2. The van der Waals surface area contributed by atoms with Gasteiger partial charge in [0.2, 0.25) is 5.91 Å². The number of primary amides is 1. The van der Waals surface area contributed by atoms with Gasteiger partial charge in [-0.3, -0.25) is 4.79 Å². The number of anilines is 2. The van der Waals surface area contributed by atoms with Gasteiger partial charge in [0.15, 0.2) is 0 Å². The van der Waals surface area contributed by atoms with E-state index in [0.717, 1.165) is 5.69 Å². The smallest absolute Gasteiger partial charge is 0.335 e. The minimum atomic E-state index is -0.979. The largest absolute Gasteiger partial charge is 0.478 e. The summed E-state index contributed by atoms with van der Waals surface area (Å²) in [5.74, 6) is -1.52. The lowest BCUT2D eigenvalue weighted by molar-refractivity contribution is 0.0696. The minimum absolute atomic E-state index is 0.210. The summed E-state index contributed by atoms with van der Waals surface area (Å²) in [7, 11) is 1.79. The van der Waals surface area contributed by atoms with Crippen molar-refractivity contribution in [2.75, 3.05) is 11.9 Å². The number of carbonyl (C=O) groups excluding carboxylic acids is 1. The molecule has 5 nitrogen and oxygen atoms in total. The fraction of sp³-hybridized carbons (Fsp3) is 0.0667.